The smallest absolute Gasteiger partial charge is 0.317 e. The Balaban J connectivity index is 1.03. The third kappa shape index (κ3) is 3.38. The van der Waals surface area contributed by atoms with Crippen LogP contribution in [0.3, 0.4) is 0 Å². The van der Waals surface area contributed by atoms with Crippen molar-refractivity contribution in [3.05, 3.63) is 0 Å². The summed E-state index contributed by atoms with van der Waals surface area (Å²) in [4.78, 5) is 53.6. The van der Waals surface area contributed by atoms with Gasteiger partial charge in [0.25, 0.3) is 0 Å². The fraction of sp³-hybridized carbons (Fsp3) is 0.889. The Kier molecular flexibility index (Phi) is 5.79. The molecule has 0 aromatic carbocycles. The maximum absolute atomic E-state index is 14.3. The van der Waals surface area contributed by atoms with Gasteiger partial charge in [-0.1, -0.05) is 27.2 Å². The fourth-order valence-corrected chi connectivity index (χ4v) is 14.6. The van der Waals surface area contributed by atoms with E-state index in [2.05, 4.69) is 13.8 Å². The largest absolute Gasteiger partial charge is 0.465 e. The highest BCUT2D eigenvalue weighted by atomic mass is 16.6. The van der Waals surface area contributed by atoms with Crippen molar-refractivity contribution in [2.24, 2.45) is 94.2 Å². The van der Waals surface area contributed by atoms with Gasteiger partial charge in [-0.25, -0.2) is 0 Å². The Hall–Kier alpha value is -1.92. The molecule has 2 aliphatic heterocycles. The quantitative estimate of drug-likeness (QED) is 0.234. The normalized spacial score (nSPS) is 57.3. The minimum Gasteiger partial charge on any atom is -0.465 e. The van der Waals surface area contributed by atoms with E-state index in [0.29, 0.717) is 42.1 Å². The lowest BCUT2D eigenvalue weighted by atomic mass is 9.54. The highest BCUT2D eigenvalue weighted by Gasteiger charge is 2.71. The number of carbonyl (C=O) groups excluding carboxylic acids is 4. The SMILES string of the molecule is CCC1(OC(=O)C2CC3CC2C(C2C(=O)OC(=O)C2C)C3C2C(C)C3CC2C2(CCOC2=O)C3)CC2CC1C1CCCC21. The van der Waals surface area contributed by atoms with Crippen LogP contribution in [0.1, 0.15) is 91.4 Å². The van der Waals surface area contributed by atoms with E-state index in [1.165, 1.54) is 25.7 Å². The molecule has 234 valence electrons. The standard InChI is InChI=1S/C36H48O7/c1-4-36(15-20-13-25(36)22-7-5-6-21(20)22)43-32(38)24-11-18-10-23(24)30(28-17(3)31(37)42-33(28)39)29(18)27-16(2)19-12-26(27)35(14-19)8-9-41-34(35)40/h16-30H,4-15H2,1-3H3. The average Bonchev–Trinajstić information content (AvgIpc) is 3.83. The number of cyclic esters (lactones) is 3. The van der Waals surface area contributed by atoms with Gasteiger partial charge in [0.2, 0.25) is 0 Å². The first-order chi connectivity index (χ1) is 20.7. The van der Waals surface area contributed by atoms with Crippen molar-refractivity contribution in [1.29, 1.82) is 0 Å². The first-order valence-electron chi connectivity index (χ1n) is 17.8. The summed E-state index contributed by atoms with van der Waals surface area (Å²) < 4.78 is 17.6. The summed E-state index contributed by atoms with van der Waals surface area (Å²) in [5, 5.41) is 0. The molecule has 1 spiro atoms. The van der Waals surface area contributed by atoms with Gasteiger partial charge in [-0.2, -0.15) is 0 Å². The summed E-state index contributed by atoms with van der Waals surface area (Å²) in [5.74, 6) is 2.66. The highest BCUT2D eigenvalue weighted by molar-refractivity contribution is 5.96. The minimum atomic E-state index is -0.511. The molecule has 7 nitrogen and oxygen atoms in total. The van der Waals surface area contributed by atoms with E-state index in [1.807, 2.05) is 6.92 Å². The zero-order valence-electron chi connectivity index (χ0n) is 26.0. The second-order valence-corrected chi connectivity index (χ2v) is 16.9. The summed E-state index contributed by atoms with van der Waals surface area (Å²) in [7, 11) is 0. The van der Waals surface area contributed by atoms with E-state index in [4.69, 9.17) is 14.2 Å². The van der Waals surface area contributed by atoms with Crippen molar-refractivity contribution >= 4 is 23.9 Å². The number of hydrogen-bond acceptors (Lipinski definition) is 7. The molecule has 17 atom stereocenters. The number of ether oxygens (including phenoxy) is 3. The van der Waals surface area contributed by atoms with Crippen molar-refractivity contribution in [1.82, 2.24) is 0 Å². The number of carbonyl (C=O) groups is 4. The van der Waals surface area contributed by atoms with Gasteiger partial charge >= 0.3 is 23.9 Å². The molecule has 0 aromatic rings. The number of esters is 4. The van der Waals surface area contributed by atoms with E-state index in [-0.39, 0.29) is 52.5 Å². The summed E-state index contributed by atoms with van der Waals surface area (Å²) in [6, 6.07) is 0. The fourth-order valence-electron chi connectivity index (χ4n) is 14.6. The van der Waals surface area contributed by atoms with Crippen LogP contribution in [0.4, 0.5) is 0 Å². The maximum Gasteiger partial charge on any atom is 0.317 e. The third-order valence-corrected chi connectivity index (χ3v) is 16.1. The first-order valence-corrected chi connectivity index (χ1v) is 17.8. The molecule has 9 rings (SSSR count). The van der Waals surface area contributed by atoms with E-state index >= 15 is 0 Å². The van der Waals surface area contributed by atoms with Gasteiger partial charge in [-0.15, -0.1) is 0 Å². The van der Waals surface area contributed by atoms with Crippen molar-refractivity contribution in [3.8, 4) is 0 Å². The molecule has 0 aromatic heterocycles. The van der Waals surface area contributed by atoms with E-state index in [9.17, 15) is 19.2 Å². The van der Waals surface area contributed by atoms with Crippen LogP contribution in [0, 0.1) is 94.2 Å². The summed E-state index contributed by atoms with van der Waals surface area (Å²) >= 11 is 0. The van der Waals surface area contributed by atoms with Crippen molar-refractivity contribution < 1.29 is 33.4 Å². The van der Waals surface area contributed by atoms with Gasteiger partial charge in [-0.05, 0) is 129 Å². The lowest BCUT2D eigenvalue weighted by Crippen LogP contribution is -2.50. The number of rotatable bonds is 5. The summed E-state index contributed by atoms with van der Waals surface area (Å²) in [6.07, 6.45) is 11.6. The van der Waals surface area contributed by atoms with Crippen molar-refractivity contribution in [3.63, 3.8) is 0 Å². The Morgan fingerprint density at radius 1 is 0.860 bits per heavy atom. The molecule has 7 heteroatoms. The molecule has 2 saturated heterocycles. The monoisotopic (exact) mass is 592 g/mol. The van der Waals surface area contributed by atoms with Crippen LogP contribution < -0.4 is 0 Å². The van der Waals surface area contributed by atoms with Gasteiger partial charge in [0.1, 0.15) is 5.60 Å². The number of hydrogen-bond donors (Lipinski definition) is 0. The Morgan fingerprint density at radius 3 is 2.35 bits per heavy atom. The van der Waals surface area contributed by atoms with E-state index < -0.39 is 23.8 Å². The predicted molar refractivity (Wildman–Crippen MR) is 153 cm³/mol. The molecule has 0 N–H and O–H groups in total. The van der Waals surface area contributed by atoms with Crippen LogP contribution in [0.2, 0.25) is 0 Å². The van der Waals surface area contributed by atoms with Gasteiger partial charge in [0.05, 0.1) is 29.8 Å². The van der Waals surface area contributed by atoms with Crippen LogP contribution >= 0.6 is 0 Å². The van der Waals surface area contributed by atoms with Gasteiger partial charge in [0.15, 0.2) is 0 Å². The maximum atomic E-state index is 14.3. The molecule has 0 radical (unpaired) electrons. The lowest BCUT2D eigenvalue weighted by molar-refractivity contribution is -0.180. The minimum absolute atomic E-state index is 0.0119. The molecule has 2 heterocycles. The summed E-state index contributed by atoms with van der Waals surface area (Å²) in [5.41, 5.74) is -0.703. The van der Waals surface area contributed by atoms with Crippen LogP contribution in [-0.4, -0.2) is 36.1 Å². The molecule has 7 saturated carbocycles. The lowest BCUT2D eigenvalue weighted by Gasteiger charge is -2.49. The zero-order chi connectivity index (χ0) is 29.6. The Labute approximate surface area is 254 Å². The second-order valence-electron chi connectivity index (χ2n) is 16.9. The van der Waals surface area contributed by atoms with Gasteiger partial charge in [0, 0.05) is 5.92 Å². The zero-order valence-corrected chi connectivity index (χ0v) is 26.0. The van der Waals surface area contributed by atoms with Crippen LogP contribution in [0.25, 0.3) is 0 Å². The van der Waals surface area contributed by atoms with Crippen molar-refractivity contribution in [2.45, 2.75) is 97.0 Å². The van der Waals surface area contributed by atoms with E-state index in [1.54, 1.807) is 0 Å². The molecule has 43 heavy (non-hydrogen) atoms. The van der Waals surface area contributed by atoms with Gasteiger partial charge in [-0.3, -0.25) is 19.2 Å². The third-order valence-electron chi connectivity index (χ3n) is 16.1. The highest BCUT2D eigenvalue weighted by Crippen LogP contribution is 2.72. The molecule has 0 amide bonds. The van der Waals surface area contributed by atoms with Crippen LogP contribution in [0.5, 0.6) is 0 Å². The average molecular weight is 593 g/mol. The molecular weight excluding hydrogens is 544 g/mol. The van der Waals surface area contributed by atoms with Crippen LogP contribution in [0.15, 0.2) is 0 Å². The Morgan fingerprint density at radius 2 is 1.65 bits per heavy atom. The molecular formula is C36H48O7. The molecule has 6 bridgehead atoms. The number of fused-ring (bicyclic) bond motifs is 10. The van der Waals surface area contributed by atoms with E-state index in [0.717, 1.165) is 56.8 Å². The second kappa shape index (κ2) is 9.09. The molecule has 7 aliphatic carbocycles. The molecule has 9 aliphatic rings. The van der Waals surface area contributed by atoms with Crippen molar-refractivity contribution in [2.75, 3.05) is 6.61 Å². The van der Waals surface area contributed by atoms with Crippen LogP contribution in [-0.2, 0) is 33.4 Å². The topological polar surface area (TPSA) is 96.0 Å². The molecule has 17 unspecified atom stereocenters. The Bertz CT molecular complexity index is 1280. The predicted octanol–water partition coefficient (Wildman–Crippen LogP) is 5.58. The molecule has 9 fully saturated rings. The van der Waals surface area contributed by atoms with Gasteiger partial charge < -0.3 is 14.2 Å². The summed E-state index contributed by atoms with van der Waals surface area (Å²) in [6.45, 7) is 6.92. The first kappa shape index (κ1) is 27.4.